The largest absolute Gasteiger partial charge is 0.234 e. The van der Waals surface area contributed by atoms with Crippen LogP contribution in [0.15, 0.2) is 0 Å². The standard InChI is InChI=1S/C18H36O4/c1-9-16(5,6)19-21-18(22-20-17(7,8)10-2)13-11-15(3,4)12-14-18/h9-14H2,1-8H3. The van der Waals surface area contributed by atoms with E-state index in [0.29, 0.717) is 5.41 Å². The molecule has 1 aliphatic carbocycles. The molecule has 0 heterocycles. The van der Waals surface area contributed by atoms with Crippen molar-refractivity contribution in [2.24, 2.45) is 5.41 Å². The molecule has 0 spiro atoms. The predicted molar refractivity (Wildman–Crippen MR) is 88.1 cm³/mol. The first-order valence-corrected chi connectivity index (χ1v) is 8.69. The molecule has 1 aliphatic rings. The highest BCUT2D eigenvalue weighted by molar-refractivity contribution is 4.84. The summed E-state index contributed by atoms with van der Waals surface area (Å²) >= 11 is 0. The zero-order chi connectivity index (χ0) is 17.1. The Hall–Kier alpha value is -0.160. The monoisotopic (exact) mass is 316 g/mol. The molecule has 0 amide bonds. The van der Waals surface area contributed by atoms with E-state index in [9.17, 15) is 0 Å². The van der Waals surface area contributed by atoms with E-state index >= 15 is 0 Å². The first kappa shape index (κ1) is 19.9. The molecule has 4 nitrogen and oxygen atoms in total. The van der Waals surface area contributed by atoms with Crippen molar-refractivity contribution in [1.29, 1.82) is 0 Å². The minimum absolute atomic E-state index is 0.316. The van der Waals surface area contributed by atoms with Gasteiger partial charge in [-0.2, -0.15) is 9.78 Å². The van der Waals surface area contributed by atoms with Gasteiger partial charge in [-0.1, -0.05) is 27.7 Å². The van der Waals surface area contributed by atoms with Crippen molar-refractivity contribution in [3.05, 3.63) is 0 Å². The summed E-state index contributed by atoms with van der Waals surface area (Å²) in [6, 6.07) is 0. The van der Waals surface area contributed by atoms with Gasteiger partial charge in [0, 0.05) is 12.8 Å². The second kappa shape index (κ2) is 7.16. The Bertz CT molecular complexity index is 315. The van der Waals surface area contributed by atoms with Crippen molar-refractivity contribution >= 4 is 0 Å². The van der Waals surface area contributed by atoms with Gasteiger partial charge in [-0.05, 0) is 58.8 Å². The summed E-state index contributed by atoms with van der Waals surface area (Å²) in [6.45, 7) is 16.8. The lowest BCUT2D eigenvalue weighted by Crippen LogP contribution is -2.45. The van der Waals surface area contributed by atoms with Crippen molar-refractivity contribution < 1.29 is 19.6 Å². The Morgan fingerprint density at radius 3 is 1.41 bits per heavy atom. The smallest absolute Gasteiger partial charge is 0.228 e. The van der Waals surface area contributed by atoms with E-state index in [4.69, 9.17) is 19.6 Å². The fraction of sp³-hybridized carbons (Fsp3) is 1.00. The van der Waals surface area contributed by atoms with Gasteiger partial charge < -0.3 is 0 Å². The number of hydrogen-bond acceptors (Lipinski definition) is 4. The summed E-state index contributed by atoms with van der Waals surface area (Å²) in [5.74, 6) is -0.797. The maximum atomic E-state index is 5.81. The third-order valence-electron chi connectivity index (χ3n) is 4.91. The van der Waals surface area contributed by atoms with Gasteiger partial charge in [0.2, 0.25) is 5.79 Å². The Balaban J connectivity index is 2.73. The molecule has 1 rings (SSSR count). The molecule has 0 aromatic heterocycles. The quantitative estimate of drug-likeness (QED) is 0.334. The van der Waals surface area contributed by atoms with Gasteiger partial charge >= 0.3 is 0 Å². The lowest BCUT2D eigenvalue weighted by Gasteiger charge is -2.43. The van der Waals surface area contributed by atoms with E-state index in [1.165, 1.54) is 0 Å². The van der Waals surface area contributed by atoms with Gasteiger partial charge in [0.15, 0.2) is 0 Å². The Morgan fingerprint density at radius 2 is 1.09 bits per heavy atom. The summed E-state index contributed by atoms with van der Waals surface area (Å²) in [5.41, 5.74) is -0.343. The van der Waals surface area contributed by atoms with Gasteiger partial charge in [-0.3, -0.25) is 0 Å². The maximum absolute atomic E-state index is 5.81. The molecule has 4 heteroatoms. The van der Waals surface area contributed by atoms with E-state index < -0.39 is 5.79 Å². The lowest BCUT2D eigenvalue weighted by atomic mass is 9.75. The first-order chi connectivity index (χ1) is 9.95. The van der Waals surface area contributed by atoms with Crippen LogP contribution < -0.4 is 0 Å². The molecule has 0 aromatic rings. The highest BCUT2D eigenvalue weighted by Gasteiger charge is 2.44. The molecule has 0 unspecified atom stereocenters. The van der Waals surface area contributed by atoms with E-state index in [0.717, 1.165) is 38.5 Å². The lowest BCUT2D eigenvalue weighted by molar-refractivity contribution is -0.549. The van der Waals surface area contributed by atoms with E-state index in [-0.39, 0.29) is 11.2 Å². The SMILES string of the molecule is CCC(C)(C)OOC1(OOC(C)(C)CC)CCC(C)(C)CC1. The molecule has 0 bridgehead atoms. The highest BCUT2D eigenvalue weighted by atomic mass is 17.3. The molecule has 22 heavy (non-hydrogen) atoms. The van der Waals surface area contributed by atoms with Crippen molar-refractivity contribution in [1.82, 2.24) is 0 Å². The maximum Gasteiger partial charge on any atom is 0.234 e. The van der Waals surface area contributed by atoms with Crippen LogP contribution >= 0.6 is 0 Å². The molecule has 0 N–H and O–H groups in total. The molecule has 0 atom stereocenters. The zero-order valence-electron chi connectivity index (χ0n) is 15.9. The molecule has 1 saturated carbocycles. The van der Waals surface area contributed by atoms with Crippen LogP contribution in [0, 0.1) is 5.41 Å². The van der Waals surface area contributed by atoms with Gasteiger partial charge in [-0.25, -0.2) is 9.78 Å². The summed E-state index contributed by atoms with van der Waals surface area (Å²) in [5, 5.41) is 0. The van der Waals surface area contributed by atoms with Crippen molar-refractivity contribution in [3.8, 4) is 0 Å². The fourth-order valence-corrected chi connectivity index (χ4v) is 1.98. The summed E-state index contributed by atoms with van der Waals surface area (Å²) in [7, 11) is 0. The van der Waals surface area contributed by atoms with Crippen LogP contribution in [0.3, 0.4) is 0 Å². The van der Waals surface area contributed by atoms with Gasteiger partial charge in [0.1, 0.15) is 0 Å². The van der Waals surface area contributed by atoms with Gasteiger partial charge in [-0.15, -0.1) is 0 Å². The minimum Gasteiger partial charge on any atom is -0.228 e. The second-order valence-electron chi connectivity index (χ2n) is 8.63. The molecule has 0 aliphatic heterocycles. The first-order valence-electron chi connectivity index (χ1n) is 8.69. The molecular formula is C18H36O4. The Morgan fingerprint density at radius 1 is 0.727 bits per heavy atom. The second-order valence-corrected chi connectivity index (χ2v) is 8.63. The van der Waals surface area contributed by atoms with Crippen LogP contribution in [0.4, 0.5) is 0 Å². The molecular weight excluding hydrogens is 280 g/mol. The molecule has 1 fully saturated rings. The van der Waals surface area contributed by atoms with Crippen LogP contribution in [0.2, 0.25) is 0 Å². The van der Waals surface area contributed by atoms with Crippen LogP contribution in [0.1, 0.15) is 93.9 Å². The van der Waals surface area contributed by atoms with Crippen LogP contribution in [0.5, 0.6) is 0 Å². The molecule has 0 radical (unpaired) electrons. The molecule has 0 saturated heterocycles. The van der Waals surface area contributed by atoms with E-state index in [1.54, 1.807) is 0 Å². The third-order valence-corrected chi connectivity index (χ3v) is 4.91. The fourth-order valence-electron chi connectivity index (χ4n) is 1.98. The topological polar surface area (TPSA) is 36.9 Å². The van der Waals surface area contributed by atoms with Crippen LogP contribution in [-0.2, 0) is 19.6 Å². The van der Waals surface area contributed by atoms with E-state index in [2.05, 4.69) is 27.7 Å². The van der Waals surface area contributed by atoms with Crippen molar-refractivity contribution in [3.63, 3.8) is 0 Å². The molecule has 0 aromatic carbocycles. The van der Waals surface area contributed by atoms with Gasteiger partial charge in [0.05, 0.1) is 11.2 Å². The minimum atomic E-state index is -0.797. The average molecular weight is 316 g/mol. The van der Waals surface area contributed by atoms with Crippen LogP contribution in [-0.4, -0.2) is 17.0 Å². The van der Waals surface area contributed by atoms with Crippen molar-refractivity contribution in [2.75, 3.05) is 0 Å². The summed E-state index contributed by atoms with van der Waals surface area (Å²) in [4.78, 5) is 23.0. The summed E-state index contributed by atoms with van der Waals surface area (Å²) < 4.78 is 0. The number of hydrogen-bond donors (Lipinski definition) is 0. The number of rotatable bonds is 8. The highest BCUT2D eigenvalue weighted by Crippen LogP contribution is 2.44. The third kappa shape index (κ3) is 6.15. The van der Waals surface area contributed by atoms with Crippen molar-refractivity contribution in [2.45, 2.75) is 111 Å². The normalized spacial score (nSPS) is 21.8. The van der Waals surface area contributed by atoms with Crippen LogP contribution in [0.25, 0.3) is 0 Å². The zero-order valence-corrected chi connectivity index (χ0v) is 15.9. The summed E-state index contributed by atoms with van der Waals surface area (Å²) in [6.07, 6.45) is 5.35. The average Bonchev–Trinajstić information content (AvgIpc) is 2.46. The van der Waals surface area contributed by atoms with Gasteiger partial charge in [0.25, 0.3) is 0 Å². The predicted octanol–water partition coefficient (Wildman–Crippen LogP) is 5.56. The van der Waals surface area contributed by atoms with E-state index in [1.807, 2.05) is 27.7 Å². The molecule has 132 valence electrons. The Labute approximate surface area is 136 Å². The Kier molecular flexibility index (Phi) is 6.48.